The van der Waals surface area contributed by atoms with E-state index < -0.39 is 18.2 Å². The van der Waals surface area contributed by atoms with Crippen LogP contribution in [0.2, 0.25) is 0 Å². The Balaban J connectivity index is 1.59. The molecule has 1 atom stereocenters. The summed E-state index contributed by atoms with van der Waals surface area (Å²) in [7, 11) is 1.53. The summed E-state index contributed by atoms with van der Waals surface area (Å²) < 4.78 is 26.8. The number of oxazole rings is 1. The molecule has 0 fully saturated rings. The third kappa shape index (κ3) is 5.81. The lowest BCUT2D eigenvalue weighted by atomic mass is 10.1. The molecule has 3 N–H and O–H groups in total. The van der Waals surface area contributed by atoms with E-state index in [1.807, 2.05) is 12.1 Å². The maximum atomic E-state index is 11.1. The zero-order chi connectivity index (χ0) is 23.1. The standard InChI is InChI=1S/C22H24N2O8/c1-13-15(24-20(31-13)17-7-4-10-29-17)12-30-16-9-8-14(11-19(16)28-2)5-3-6-18(21(25)26)32-22(23)27/h4,7-11,18H,3,5-6,12H2,1-2H3,(H2,23,27)(H,25,26)/t18-/m1/s1. The molecular formula is C22H24N2O8. The highest BCUT2D eigenvalue weighted by Gasteiger charge is 2.20. The summed E-state index contributed by atoms with van der Waals surface area (Å²) in [6.07, 6.45) is 0.332. The van der Waals surface area contributed by atoms with Crippen molar-refractivity contribution in [3.63, 3.8) is 0 Å². The van der Waals surface area contributed by atoms with Gasteiger partial charge in [-0.15, -0.1) is 0 Å². The number of nitrogens with two attached hydrogens (primary N) is 1. The lowest BCUT2D eigenvalue weighted by Gasteiger charge is -2.13. The monoisotopic (exact) mass is 444 g/mol. The molecule has 2 aromatic heterocycles. The topological polar surface area (TPSA) is 147 Å². The van der Waals surface area contributed by atoms with Gasteiger partial charge in [0.05, 0.1) is 13.4 Å². The van der Waals surface area contributed by atoms with Gasteiger partial charge in [-0.3, -0.25) is 0 Å². The summed E-state index contributed by atoms with van der Waals surface area (Å²) in [6.45, 7) is 1.97. The Kier molecular flexibility index (Phi) is 7.37. The third-order valence-electron chi connectivity index (χ3n) is 4.68. The predicted octanol–water partition coefficient (Wildman–Crippen LogP) is 3.70. The average Bonchev–Trinajstić information content (AvgIpc) is 3.41. The molecule has 0 aliphatic carbocycles. The molecule has 0 spiro atoms. The molecule has 32 heavy (non-hydrogen) atoms. The van der Waals surface area contributed by atoms with Gasteiger partial charge in [0.25, 0.3) is 5.89 Å². The lowest BCUT2D eigenvalue weighted by molar-refractivity contribution is -0.147. The number of aromatic nitrogens is 1. The van der Waals surface area contributed by atoms with Crippen molar-refractivity contribution in [3.05, 3.63) is 53.6 Å². The normalized spacial score (nSPS) is 11.7. The van der Waals surface area contributed by atoms with Crippen molar-refractivity contribution < 1.29 is 37.7 Å². The van der Waals surface area contributed by atoms with Gasteiger partial charge in [-0.1, -0.05) is 6.07 Å². The van der Waals surface area contributed by atoms with Gasteiger partial charge in [0.15, 0.2) is 17.3 Å². The number of primary amides is 1. The largest absolute Gasteiger partial charge is 0.493 e. The highest BCUT2D eigenvalue weighted by atomic mass is 16.6. The van der Waals surface area contributed by atoms with Crippen LogP contribution in [-0.2, 0) is 22.6 Å². The van der Waals surface area contributed by atoms with Gasteiger partial charge in [-0.05, 0) is 56.0 Å². The molecule has 10 heteroatoms. The summed E-state index contributed by atoms with van der Waals surface area (Å²) in [6, 6.07) is 8.95. The minimum atomic E-state index is -1.27. The van der Waals surface area contributed by atoms with Crippen LogP contribution in [0.15, 0.2) is 45.4 Å². The molecule has 0 bridgehead atoms. The second kappa shape index (κ2) is 10.4. The number of hydrogen-bond acceptors (Lipinski definition) is 8. The van der Waals surface area contributed by atoms with Gasteiger partial charge in [-0.25, -0.2) is 14.6 Å². The van der Waals surface area contributed by atoms with Crippen molar-refractivity contribution >= 4 is 12.1 Å². The van der Waals surface area contributed by atoms with Crippen LogP contribution in [0.3, 0.4) is 0 Å². The number of nitrogens with zero attached hydrogens (tertiary/aromatic N) is 1. The highest BCUT2D eigenvalue weighted by Crippen LogP contribution is 2.30. The maximum Gasteiger partial charge on any atom is 0.405 e. The number of rotatable bonds is 11. The maximum absolute atomic E-state index is 11.1. The first kappa shape index (κ1) is 22.7. The average molecular weight is 444 g/mol. The number of amides is 1. The van der Waals surface area contributed by atoms with Crippen molar-refractivity contribution in [2.45, 2.75) is 38.9 Å². The van der Waals surface area contributed by atoms with Gasteiger partial charge in [0, 0.05) is 0 Å². The van der Waals surface area contributed by atoms with Crippen LogP contribution in [0, 0.1) is 6.92 Å². The number of carboxylic acid groups (broad SMARTS) is 1. The quantitative estimate of drug-likeness (QED) is 0.451. The second-order valence-electron chi connectivity index (χ2n) is 6.93. The first-order valence-corrected chi connectivity index (χ1v) is 9.86. The summed E-state index contributed by atoms with van der Waals surface area (Å²) >= 11 is 0. The van der Waals surface area contributed by atoms with E-state index in [0.29, 0.717) is 47.4 Å². The Morgan fingerprint density at radius 3 is 2.72 bits per heavy atom. The van der Waals surface area contributed by atoms with Crippen LogP contribution in [0.5, 0.6) is 11.5 Å². The third-order valence-corrected chi connectivity index (χ3v) is 4.68. The van der Waals surface area contributed by atoms with E-state index in [9.17, 15) is 9.59 Å². The van der Waals surface area contributed by atoms with Crippen molar-refractivity contribution in [2.24, 2.45) is 5.73 Å². The van der Waals surface area contributed by atoms with E-state index in [-0.39, 0.29) is 13.0 Å². The smallest absolute Gasteiger partial charge is 0.405 e. The lowest BCUT2D eigenvalue weighted by Crippen LogP contribution is -2.29. The van der Waals surface area contributed by atoms with E-state index in [1.54, 1.807) is 31.4 Å². The molecule has 1 amide bonds. The van der Waals surface area contributed by atoms with Gasteiger partial charge < -0.3 is 33.9 Å². The number of ether oxygens (including phenoxy) is 3. The molecule has 170 valence electrons. The summed E-state index contributed by atoms with van der Waals surface area (Å²) in [5.74, 6) is 1.36. The fourth-order valence-corrected chi connectivity index (χ4v) is 3.07. The van der Waals surface area contributed by atoms with Crippen molar-refractivity contribution in [1.82, 2.24) is 4.98 Å². The minimum absolute atomic E-state index is 0.141. The molecule has 10 nitrogen and oxygen atoms in total. The molecular weight excluding hydrogens is 420 g/mol. The van der Waals surface area contributed by atoms with Crippen LogP contribution in [0.1, 0.15) is 29.9 Å². The van der Waals surface area contributed by atoms with Gasteiger partial charge in [-0.2, -0.15) is 0 Å². The molecule has 1 aromatic carbocycles. The van der Waals surface area contributed by atoms with Crippen molar-refractivity contribution in [1.29, 1.82) is 0 Å². The molecule has 0 unspecified atom stereocenters. The van der Waals surface area contributed by atoms with Crippen molar-refractivity contribution in [3.8, 4) is 23.1 Å². The summed E-state index contributed by atoms with van der Waals surface area (Å²) in [5, 5.41) is 9.08. The molecule has 2 heterocycles. The Morgan fingerprint density at radius 2 is 2.06 bits per heavy atom. The van der Waals surface area contributed by atoms with Crippen molar-refractivity contribution in [2.75, 3.05) is 7.11 Å². The SMILES string of the molecule is COc1cc(CCC[C@@H](OC(N)=O)C(=O)O)ccc1OCc1nc(-c2ccco2)oc1C. The Morgan fingerprint density at radius 1 is 1.25 bits per heavy atom. The number of benzene rings is 1. The highest BCUT2D eigenvalue weighted by molar-refractivity contribution is 5.76. The predicted molar refractivity (Wildman–Crippen MR) is 111 cm³/mol. The number of aryl methyl sites for hydroxylation is 2. The number of furan rings is 1. The molecule has 0 aliphatic heterocycles. The number of hydrogen-bond donors (Lipinski definition) is 2. The van der Waals surface area contributed by atoms with E-state index in [0.717, 1.165) is 5.56 Å². The fraction of sp³-hybridized carbons (Fsp3) is 0.318. The van der Waals surface area contributed by atoms with E-state index >= 15 is 0 Å². The van der Waals surface area contributed by atoms with Crippen LogP contribution in [-0.4, -0.2) is 35.4 Å². The first-order valence-electron chi connectivity index (χ1n) is 9.86. The molecule has 3 rings (SSSR count). The number of carbonyl (C=O) groups is 2. The Bertz CT molecular complexity index is 1060. The number of aliphatic carboxylic acids is 1. The zero-order valence-electron chi connectivity index (χ0n) is 17.7. The number of carbonyl (C=O) groups excluding carboxylic acids is 1. The minimum Gasteiger partial charge on any atom is -0.493 e. The van der Waals surface area contributed by atoms with Crippen LogP contribution < -0.4 is 15.2 Å². The van der Waals surface area contributed by atoms with E-state index in [2.05, 4.69) is 9.72 Å². The molecule has 0 saturated carbocycles. The summed E-state index contributed by atoms with van der Waals surface area (Å²) in [5.41, 5.74) is 6.45. The molecule has 0 radical (unpaired) electrons. The van der Waals surface area contributed by atoms with Gasteiger partial charge in [0.1, 0.15) is 18.1 Å². The zero-order valence-corrected chi connectivity index (χ0v) is 17.7. The second-order valence-corrected chi connectivity index (χ2v) is 6.93. The van der Waals surface area contributed by atoms with Gasteiger partial charge in [0.2, 0.25) is 6.10 Å². The van der Waals surface area contributed by atoms with Crippen LogP contribution in [0.4, 0.5) is 4.79 Å². The van der Waals surface area contributed by atoms with E-state index in [1.165, 1.54) is 7.11 Å². The molecule has 0 aliphatic rings. The van der Waals surface area contributed by atoms with Gasteiger partial charge >= 0.3 is 12.1 Å². The van der Waals surface area contributed by atoms with E-state index in [4.69, 9.17) is 29.1 Å². The Hall–Kier alpha value is -3.95. The first-order chi connectivity index (χ1) is 15.4. The summed E-state index contributed by atoms with van der Waals surface area (Å²) in [4.78, 5) is 26.3. The van der Waals surface area contributed by atoms with Crippen LogP contribution >= 0.6 is 0 Å². The number of carboxylic acids is 1. The molecule has 0 saturated heterocycles. The number of methoxy groups -OCH3 is 1. The van der Waals surface area contributed by atoms with Crippen LogP contribution in [0.25, 0.3) is 11.7 Å². The fourth-order valence-electron chi connectivity index (χ4n) is 3.07. The Labute approximate surface area is 183 Å². The molecule has 3 aromatic rings.